The van der Waals surface area contributed by atoms with Crippen LogP contribution in [-0.4, -0.2) is 29.8 Å². The van der Waals surface area contributed by atoms with Crippen molar-refractivity contribution in [3.05, 3.63) is 42.5 Å². The van der Waals surface area contributed by atoms with E-state index in [1.165, 1.54) is 18.5 Å². The molecule has 2 aromatic rings. The number of rotatable bonds is 3. The third-order valence-electron chi connectivity index (χ3n) is 3.77. The van der Waals surface area contributed by atoms with Gasteiger partial charge in [-0.2, -0.15) is 0 Å². The molecule has 0 spiro atoms. The minimum Gasteiger partial charge on any atom is -0.495 e. The summed E-state index contributed by atoms with van der Waals surface area (Å²) in [4.78, 5) is 4.34. The van der Waals surface area contributed by atoms with Gasteiger partial charge in [-0.3, -0.25) is 4.57 Å². The van der Waals surface area contributed by atoms with E-state index in [9.17, 15) is 0 Å². The summed E-state index contributed by atoms with van der Waals surface area (Å²) in [6, 6.07) is 8.08. The fraction of sp³-hybridized carbons (Fsp3) is 0.400. The molecule has 1 aliphatic heterocycles. The first kappa shape index (κ1) is 12.2. The molecule has 1 saturated heterocycles. The van der Waals surface area contributed by atoms with E-state index in [2.05, 4.69) is 20.9 Å². The maximum absolute atomic E-state index is 5.45. The molecule has 1 aliphatic rings. The van der Waals surface area contributed by atoms with Crippen molar-refractivity contribution in [3.63, 3.8) is 0 Å². The number of aromatic nitrogens is 2. The van der Waals surface area contributed by atoms with Crippen molar-refractivity contribution in [1.82, 2.24) is 14.9 Å². The van der Waals surface area contributed by atoms with Crippen LogP contribution in [0.4, 0.5) is 0 Å². The second kappa shape index (κ2) is 5.45. The molecule has 100 valence electrons. The summed E-state index contributed by atoms with van der Waals surface area (Å²) in [5.74, 6) is 1.46. The average molecular weight is 257 g/mol. The molecular weight excluding hydrogens is 238 g/mol. The summed E-state index contributed by atoms with van der Waals surface area (Å²) in [5, 5.41) is 3.40. The number of hydrogen-bond donors (Lipinski definition) is 1. The first-order valence-corrected chi connectivity index (χ1v) is 6.76. The number of hydrogen-bond acceptors (Lipinski definition) is 3. The summed E-state index contributed by atoms with van der Waals surface area (Å²) >= 11 is 0. The topological polar surface area (TPSA) is 39.1 Å². The van der Waals surface area contributed by atoms with Gasteiger partial charge in [-0.05, 0) is 38.1 Å². The fourth-order valence-corrected chi connectivity index (χ4v) is 2.76. The van der Waals surface area contributed by atoms with Crippen LogP contribution < -0.4 is 10.1 Å². The number of nitrogens with one attached hydrogen (secondary N) is 1. The molecule has 0 radical (unpaired) electrons. The van der Waals surface area contributed by atoms with Gasteiger partial charge in [0.05, 0.1) is 19.1 Å². The highest BCUT2D eigenvalue weighted by Gasteiger charge is 2.20. The normalized spacial score (nSPS) is 16.5. The van der Waals surface area contributed by atoms with Gasteiger partial charge in [-0.1, -0.05) is 12.1 Å². The maximum atomic E-state index is 5.45. The Labute approximate surface area is 113 Å². The number of piperidine rings is 1. The van der Waals surface area contributed by atoms with Gasteiger partial charge in [0.15, 0.2) is 0 Å². The minimum absolute atomic E-state index is 0.577. The lowest BCUT2D eigenvalue weighted by atomic mass is 9.95. The molecule has 1 aromatic heterocycles. The molecule has 0 saturated carbocycles. The van der Waals surface area contributed by atoms with Crippen LogP contribution in [0.2, 0.25) is 0 Å². The van der Waals surface area contributed by atoms with Gasteiger partial charge >= 0.3 is 0 Å². The van der Waals surface area contributed by atoms with Crippen LogP contribution in [-0.2, 0) is 0 Å². The lowest BCUT2D eigenvalue weighted by Crippen LogP contribution is -2.27. The van der Waals surface area contributed by atoms with E-state index in [0.717, 1.165) is 24.5 Å². The van der Waals surface area contributed by atoms with E-state index >= 15 is 0 Å². The number of methoxy groups -OCH3 is 1. The average Bonchev–Trinajstić information content (AvgIpc) is 2.97. The monoisotopic (exact) mass is 257 g/mol. The smallest absolute Gasteiger partial charge is 0.142 e. The summed E-state index contributed by atoms with van der Waals surface area (Å²) in [6.07, 6.45) is 6.21. The van der Waals surface area contributed by atoms with E-state index in [1.807, 2.05) is 30.7 Å². The van der Waals surface area contributed by atoms with Crippen LogP contribution in [0.15, 0.2) is 36.8 Å². The zero-order chi connectivity index (χ0) is 13.1. The van der Waals surface area contributed by atoms with Crippen molar-refractivity contribution >= 4 is 0 Å². The van der Waals surface area contributed by atoms with E-state index in [1.54, 1.807) is 7.11 Å². The molecule has 0 bridgehead atoms. The maximum Gasteiger partial charge on any atom is 0.142 e. The molecule has 2 heterocycles. The Morgan fingerprint density at radius 3 is 2.84 bits per heavy atom. The van der Waals surface area contributed by atoms with Crippen LogP contribution in [0.1, 0.15) is 24.5 Å². The van der Waals surface area contributed by atoms with Gasteiger partial charge in [0.2, 0.25) is 0 Å². The number of nitrogens with zero attached hydrogens (tertiary/aromatic N) is 2. The van der Waals surface area contributed by atoms with Crippen molar-refractivity contribution in [1.29, 1.82) is 0 Å². The summed E-state index contributed by atoms with van der Waals surface area (Å²) in [5.41, 5.74) is 2.35. The van der Waals surface area contributed by atoms with Crippen molar-refractivity contribution in [2.45, 2.75) is 18.8 Å². The molecule has 19 heavy (non-hydrogen) atoms. The highest BCUT2D eigenvalue weighted by Crippen LogP contribution is 2.30. The Hall–Kier alpha value is -1.81. The summed E-state index contributed by atoms with van der Waals surface area (Å²) in [6.45, 7) is 2.17. The van der Waals surface area contributed by atoms with Crippen molar-refractivity contribution in [3.8, 4) is 11.4 Å². The Morgan fingerprint density at radius 2 is 2.05 bits per heavy atom. The predicted octanol–water partition coefficient (Wildman–Crippen LogP) is 2.35. The van der Waals surface area contributed by atoms with Crippen molar-refractivity contribution in [2.75, 3.05) is 20.2 Å². The highest BCUT2D eigenvalue weighted by atomic mass is 16.5. The Bertz CT molecular complexity index is 544. The number of benzene rings is 1. The van der Waals surface area contributed by atoms with E-state index in [-0.39, 0.29) is 0 Å². The number of ether oxygens (including phenoxy) is 1. The molecule has 0 amide bonds. The lowest BCUT2D eigenvalue weighted by Gasteiger charge is -2.24. The van der Waals surface area contributed by atoms with Gasteiger partial charge in [-0.15, -0.1) is 0 Å². The van der Waals surface area contributed by atoms with Crippen LogP contribution >= 0.6 is 0 Å². The lowest BCUT2D eigenvalue weighted by molar-refractivity contribution is 0.410. The minimum atomic E-state index is 0.577. The molecular formula is C15H19N3O. The van der Waals surface area contributed by atoms with Crippen molar-refractivity contribution in [2.24, 2.45) is 0 Å². The van der Waals surface area contributed by atoms with Crippen LogP contribution in [0.3, 0.4) is 0 Å². The van der Waals surface area contributed by atoms with Crippen molar-refractivity contribution < 1.29 is 4.74 Å². The third kappa shape index (κ3) is 2.36. The quantitative estimate of drug-likeness (QED) is 0.917. The molecule has 0 atom stereocenters. The van der Waals surface area contributed by atoms with Gasteiger partial charge in [0, 0.05) is 17.8 Å². The SMILES string of the molecule is COc1ccccc1-n1cncc1C1CCNCC1. The second-order valence-corrected chi connectivity index (χ2v) is 4.88. The molecule has 3 rings (SSSR count). The Balaban J connectivity index is 1.99. The molecule has 1 N–H and O–H groups in total. The van der Waals surface area contributed by atoms with Gasteiger partial charge < -0.3 is 10.1 Å². The van der Waals surface area contributed by atoms with E-state index < -0.39 is 0 Å². The first-order valence-electron chi connectivity index (χ1n) is 6.76. The Morgan fingerprint density at radius 1 is 1.26 bits per heavy atom. The fourth-order valence-electron chi connectivity index (χ4n) is 2.76. The first-order chi connectivity index (χ1) is 9.40. The number of imidazole rings is 1. The van der Waals surface area contributed by atoms with Crippen LogP contribution in [0, 0.1) is 0 Å². The summed E-state index contributed by atoms with van der Waals surface area (Å²) < 4.78 is 7.61. The van der Waals surface area contributed by atoms with E-state index in [4.69, 9.17) is 4.74 Å². The standard InChI is InChI=1S/C15H19N3O/c1-19-15-5-3-2-4-13(15)18-11-17-10-14(18)12-6-8-16-9-7-12/h2-5,10-12,16H,6-9H2,1H3. The molecule has 4 nitrogen and oxygen atoms in total. The van der Waals surface area contributed by atoms with Gasteiger partial charge in [0.1, 0.15) is 5.75 Å². The molecule has 1 fully saturated rings. The Kier molecular flexibility index (Phi) is 3.51. The largest absolute Gasteiger partial charge is 0.495 e. The second-order valence-electron chi connectivity index (χ2n) is 4.88. The third-order valence-corrected chi connectivity index (χ3v) is 3.77. The highest BCUT2D eigenvalue weighted by molar-refractivity contribution is 5.47. The van der Waals surface area contributed by atoms with Gasteiger partial charge in [-0.25, -0.2) is 4.98 Å². The zero-order valence-corrected chi connectivity index (χ0v) is 11.2. The van der Waals surface area contributed by atoms with E-state index in [0.29, 0.717) is 5.92 Å². The molecule has 0 aliphatic carbocycles. The summed E-state index contributed by atoms with van der Waals surface area (Å²) in [7, 11) is 1.71. The molecule has 1 aromatic carbocycles. The molecule has 4 heteroatoms. The van der Waals surface area contributed by atoms with Crippen LogP contribution in [0.5, 0.6) is 5.75 Å². The van der Waals surface area contributed by atoms with Gasteiger partial charge in [0.25, 0.3) is 0 Å². The molecule has 0 unspecified atom stereocenters. The predicted molar refractivity (Wildman–Crippen MR) is 75.0 cm³/mol. The zero-order valence-electron chi connectivity index (χ0n) is 11.2. The number of para-hydroxylation sites is 2. The van der Waals surface area contributed by atoms with Crippen LogP contribution in [0.25, 0.3) is 5.69 Å².